The number of halogens is 1. The lowest BCUT2D eigenvalue weighted by atomic mass is 10.2. The fourth-order valence-electron chi connectivity index (χ4n) is 2.80. The molecule has 7 nitrogen and oxygen atoms in total. The lowest BCUT2D eigenvalue weighted by Gasteiger charge is -2.16. The van der Waals surface area contributed by atoms with Crippen LogP contribution in [0.25, 0.3) is 0 Å². The summed E-state index contributed by atoms with van der Waals surface area (Å²) in [7, 11) is 0. The van der Waals surface area contributed by atoms with E-state index in [2.05, 4.69) is 4.99 Å². The molecule has 1 unspecified atom stereocenters. The largest absolute Gasteiger partial charge is 0.481 e. The summed E-state index contributed by atoms with van der Waals surface area (Å²) in [6, 6.07) is 13.5. The van der Waals surface area contributed by atoms with Crippen LogP contribution in [0, 0.1) is 0 Å². The van der Waals surface area contributed by atoms with Crippen LogP contribution in [0.1, 0.15) is 29.3 Å². The maximum atomic E-state index is 12.8. The third-order valence-electron chi connectivity index (χ3n) is 4.24. The molecule has 2 aromatic rings. The Hall–Kier alpha value is -2.84. The molecule has 0 saturated carbocycles. The van der Waals surface area contributed by atoms with Crippen molar-refractivity contribution < 1.29 is 24.2 Å². The van der Waals surface area contributed by atoms with Gasteiger partial charge in [-0.2, -0.15) is 0 Å². The quantitative estimate of drug-likeness (QED) is 0.642. The van der Waals surface area contributed by atoms with Crippen LogP contribution in [0.2, 0.25) is 5.02 Å². The second-order valence-electron chi connectivity index (χ2n) is 6.42. The van der Waals surface area contributed by atoms with Gasteiger partial charge in [-0.25, -0.2) is 9.79 Å². The number of benzene rings is 2. The average Bonchev–Trinajstić information content (AvgIpc) is 2.98. The van der Waals surface area contributed by atoms with Gasteiger partial charge in [-0.05, 0) is 48.9 Å². The van der Waals surface area contributed by atoms with Gasteiger partial charge in [-0.1, -0.05) is 35.5 Å². The summed E-state index contributed by atoms with van der Waals surface area (Å²) >= 11 is 7.04. The molecule has 1 fully saturated rings. The van der Waals surface area contributed by atoms with Crippen LogP contribution in [0.3, 0.4) is 0 Å². The molecule has 1 amide bonds. The fraction of sp³-hybridized carbons (Fsp3) is 0.238. The van der Waals surface area contributed by atoms with E-state index in [1.165, 1.54) is 4.90 Å². The summed E-state index contributed by atoms with van der Waals surface area (Å²) in [6.07, 6.45) is -0.290. The second kappa shape index (κ2) is 9.77. The van der Waals surface area contributed by atoms with Gasteiger partial charge in [0.1, 0.15) is 5.25 Å². The van der Waals surface area contributed by atoms with E-state index in [-0.39, 0.29) is 25.5 Å². The van der Waals surface area contributed by atoms with Crippen LogP contribution in [0.15, 0.2) is 53.5 Å². The number of carbonyl (C=O) groups is 3. The minimum atomic E-state index is -1.05. The highest BCUT2D eigenvalue weighted by Crippen LogP contribution is 2.33. The Morgan fingerprint density at radius 2 is 1.83 bits per heavy atom. The van der Waals surface area contributed by atoms with Crippen LogP contribution in [0.4, 0.5) is 5.69 Å². The number of carboxylic acids is 1. The van der Waals surface area contributed by atoms with Crippen molar-refractivity contribution in [2.45, 2.75) is 25.1 Å². The summed E-state index contributed by atoms with van der Waals surface area (Å²) in [5, 5.41) is 9.37. The number of hydrogen-bond donors (Lipinski definition) is 1. The number of aliphatic carboxylic acids is 1. The molecule has 9 heteroatoms. The molecule has 2 aromatic carbocycles. The Labute approximate surface area is 182 Å². The van der Waals surface area contributed by atoms with E-state index in [0.29, 0.717) is 21.4 Å². The average molecular weight is 447 g/mol. The van der Waals surface area contributed by atoms with Crippen molar-refractivity contribution in [3.05, 3.63) is 64.7 Å². The zero-order chi connectivity index (χ0) is 21.7. The van der Waals surface area contributed by atoms with Gasteiger partial charge in [0.25, 0.3) is 0 Å². The molecule has 1 aliphatic rings. The summed E-state index contributed by atoms with van der Waals surface area (Å²) in [5.41, 5.74) is 1.78. The van der Waals surface area contributed by atoms with Gasteiger partial charge in [0.15, 0.2) is 5.17 Å². The van der Waals surface area contributed by atoms with Gasteiger partial charge in [-0.3, -0.25) is 14.5 Å². The van der Waals surface area contributed by atoms with Crippen molar-refractivity contribution in [1.82, 2.24) is 4.90 Å². The number of carboxylic acid groups (broad SMARTS) is 1. The predicted octanol–water partition coefficient (Wildman–Crippen LogP) is 4.12. The monoisotopic (exact) mass is 446 g/mol. The molecule has 1 N–H and O–H groups in total. The number of rotatable bonds is 7. The highest BCUT2D eigenvalue weighted by Gasteiger charge is 2.39. The lowest BCUT2D eigenvalue weighted by Crippen LogP contribution is -2.32. The summed E-state index contributed by atoms with van der Waals surface area (Å²) in [6.45, 7) is 2.26. The third-order valence-corrected chi connectivity index (χ3v) is 5.66. The minimum Gasteiger partial charge on any atom is -0.481 e. The van der Waals surface area contributed by atoms with Crippen LogP contribution in [0.5, 0.6) is 0 Å². The summed E-state index contributed by atoms with van der Waals surface area (Å²) in [4.78, 5) is 41.7. The summed E-state index contributed by atoms with van der Waals surface area (Å²) < 4.78 is 4.96. The van der Waals surface area contributed by atoms with E-state index in [0.717, 1.165) is 17.3 Å². The van der Waals surface area contributed by atoms with Crippen molar-refractivity contribution in [3.63, 3.8) is 0 Å². The number of amides is 1. The van der Waals surface area contributed by atoms with Gasteiger partial charge in [0, 0.05) is 5.02 Å². The number of carbonyl (C=O) groups excluding carboxylic acids is 2. The number of aliphatic imine (C=N–C) groups is 1. The molecule has 3 rings (SSSR count). The number of ether oxygens (including phenoxy) is 1. The molecule has 156 valence electrons. The van der Waals surface area contributed by atoms with E-state index in [1.807, 2.05) is 0 Å². The maximum Gasteiger partial charge on any atom is 0.338 e. The zero-order valence-electron chi connectivity index (χ0n) is 16.1. The van der Waals surface area contributed by atoms with E-state index in [9.17, 15) is 14.4 Å². The highest BCUT2D eigenvalue weighted by atomic mass is 35.5. The molecule has 1 heterocycles. The molecule has 1 atom stereocenters. The lowest BCUT2D eigenvalue weighted by molar-refractivity contribution is -0.139. The molecule has 0 bridgehead atoms. The topological polar surface area (TPSA) is 96.3 Å². The third kappa shape index (κ3) is 5.40. The Balaban J connectivity index is 1.86. The smallest absolute Gasteiger partial charge is 0.338 e. The minimum absolute atomic E-state index is 0.249. The van der Waals surface area contributed by atoms with Gasteiger partial charge in [0.2, 0.25) is 5.91 Å². The van der Waals surface area contributed by atoms with E-state index >= 15 is 0 Å². The molecule has 0 aromatic heterocycles. The highest BCUT2D eigenvalue weighted by molar-refractivity contribution is 8.15. The van der Waals surface area contributed by atoms with Crippen molar-refractivity contribution in [3.8, 4) is 0 Å². The van der Waals surface area contributed by atoms with Crippen LogP contribution < -0.4 is 0 Å². The predicted molar refractivity (Wildman–Crippen MR) is 115 cm³/mol. The Morgan fingerprint density at radius 1 is 1.17 bits per heavy atom. The fourth-order valence-corrected chi connectivity index (χ4v) is 4.07. The van der Waals surface area contributed by atoms with Gasteiger partial charge in [0.05, 0.1) is 30.8 Å². The zero-order valence-corrected chi connectivity index (χ0v) is 17.7. The summed E-state index contributed by atoms with van der Waals surface area (Å²) in [5.74, 6) is -1.78. The maximum absolute atomic E-state index is 12.8. The standard InChI is InChI=1S/C21H19ClN2O5S/c1-2-29-20(28)14-5-9-16(10-6-14)23-21-24(12-13-3-7-15(22)8-4-13)19(27)17(30-21)11-18(25)26/h3-10,17H,2,11-12H2,1H3,(H,25,26). The molecular formula is C21H19ClN2O5S. The van der Waals surface area contributed by atoms with Crippen LogP contribution >= 0.6 is 23.4 Å². The number of nitrogens with zero attached hydrogens (tertiary/aromatic N) is 2. The first-order chi connectivity index (χ1) is 14.4. The molecule has 1 aliphatic heterocycles. The molecule has 1 saturated heterocycles. The first-order valence-electron chi connectivity index (χ1n) is 9.17. The van der Waals surface area contributed by atoms with Crippen molar-refractivity contribution in [2.75, 3.05) is 6.61 Å². The number of thioether (sulfide) groups is 1. The Morgan fingerprint density at radius 3 is 2.43 bits per heavy atom. The van der Waals surface area contributed by atoms with Crippen LogP contribution in [-0.4, -0.2) is 44.9 Å². The van der Waals surface area contributed by atoms with Crippen LogP contribution in [-0.2, 0) is 20.9 Å². The van der Waals surface area contributed by atoms with E-state index < -0.39 is 17.2 Å². The second-order valence-corrected chi connectivity index (χ2v) is 8.02. The van der Waals surface area contributed by atoms with E-state index in [4.69, 9.17) is 21.4 Å². The van der Waals surface area contributed by atoms with Crippen molar-refractivity contribution in [2.24, 2.45) is 4.99 Å². The van der Waals surface area contributed by atoms with Gasteiger partial charge < -0.3 is 9.84 Å². The molecular weight excluding hydrogens is 428 g/mol. The molecule has 30 heavy (non-hydrogen) atoms. The van der Waals surface area contributed by atoms with Gasteiger partial charge in [-0.15, -0.1) is 0 Å². The SMILES string of the molecule is CCOC(=O)c1ccc(N=C2SC(CC(=O)O)C(=O)N2Cc2ccc(Cl)cc2)cc1. The van der Waals surface area contributed by atoms with E-state index in [1.54, 1.807) is 55.5 Å². The number of amidine groups is 1. The molecule has 0 spiro atoms. The first kappa shape index (κ1) is 21.9. The van der Waals surface area contributed by atoms with Crippen molar-refractivity contribution >= 4 is 52.1 Å². The van der Waals surface area contributed by atoms with Gasteiger partial charge >= 0.3 is 11.9 Å². The molecule has 0 radical (unpaired) electrons. The number of hydrogen-bond acceptors (Lipinski definition) is 6. The first-order valence-corrected chi connectivity index (χ1v) is 10.4. The normalized spacial score (nSPS) is 17.4. The number of esters is 1. The molecule has 0 aliphatic carbocycles. The van der Waals surface area contributed by atoms with Crippen molar-refractivity contribution in [1.29, 1.82) is 0 Å². The Bertz CT molecular complexity index is 976. The Kier molecular flexibility index (Phi) is 7.12.